The van der Waals surface area contributed by atoms with E-state index >= 15 is 0 Å². The zero-order valence-corrected chi connectivity index (χ0v) is 22.5. The van der Waals surface area contributed by atoms with E-state index in [9.17, 15) is 9.59 Å². The molecule has 5 nitrogen and oxygen atoms in total. The third-order valence-corrected chi connectivity index (χ3v) is 7.84. The van der Waals surface area contributed by atoms with Crippen molar-refractivity contribution in [3.05, 3.63) is 61.5 Å². The van der Waals surface area contributed by atoms with Gasteiger partial charge in [0.05, 0.1) is 0 Å². The van der Waals surface area contributed by atoms with Gasteiger partial charge in [0.1, 0.15) is 0 Å². The summed E-state index contributed by atoms with van der Waals surface area (Å²) in [5.41, 5.74) is 4.73. The van der Waals surface area contributed by atoms with Gasteiger partial charge in [0.15, 0.2) is 0 Å². The summed E-state index contributed by atoms with van der Waals surface area (Å²) < 4.78 is 0. The largest absolute Gasteiger partial charge is 0.382 e. The molecule has 1 amide bonds. The van der Waals surface area contributed by atoms with Crippen LogP contribution in [0.5, 0.6) is 0 Å². The van der Waals surface area contributed by atoms with Gasteiger partial charge in [0, 0.05) is 40.1 Å². The van der Waals surface area contributed by atoms with Gasteiger partial charge in [-0.15, -0.1) is 0 Å². The maximum Gasteiger partial charge on any atom is 0.253 e. The fourth-order valence-electron chi connectivity index (χ4n) is 5.28. The average molecular weight is 486 g/mol. The van der Waals surface area contributed by atoms with Crippen molar-refractivity contribution < 1.29 is 4.79 Å². The summed E-state index contributed by atoms with van der Waals surface area (Å²) in [5.74, 6) is 1.15. The predicted molar refractivity (Wildman–Crippen MR) is 142 cm³/mol. The van der Waals surface area contributed by atoms with Crippen molar-refractivity contribution in [3.63, 3.8) is 0 Å². The zero-order valence-electron chi connectivity index (χ0n) is 21.7. The molecule has 0 radical (unpaired) electrons. The van der Waals surface area contributed by atoms with Gasteiger partial charge in [-0.2, -0.15) is 0 Å². The average Bonchev–Trinajstić information content (AvgIpc) is 2.74. The van der Waals surface area contributed by atoms with E-state index < -0.39 is 0 Å². The number of aromatic amines is 1. The van der Waals surface area contributed by atoms with Gasteiger partial charge in [-0.3, -0.25) is 9.59 Å². The number of H-pyrrole nitrogens is 1. The lowest BCUT2D eigenvalue weighted by atomic mass is 9.68. The summed E-state index contributed by atoms with van der Waals surface area (Å²) in [5, 5.41) is 7.07. The summed E-state index contributed by atoms with van der Waals surface area (Å²) in [6.07, 6.45) is 4.96. The molecule has 186 valence electrons. The van der Waals surface area contributed by atoms with Crippen LogP contribution in [0.2, 0.25) is 5.02 Å². The van der Waals surface area contributed by atoms with Crippen LogP contribution in [0.25, 0.3) is 0 Å². The molecule has 0 bridgehead atoms. The Bertz CT molecular complexity index is 1090. The number of anilines is 1. The Morgan fingerprint density at radius 2 is 1.76 bits per heavy atom. The van der Waals surface area contributed by atoms with Gasteiger partial charge in [0.2, 0.25) is 0 Å². The number of rotatable bonds is 6. The lowest BCUT2D eigenvalue weighted by Gasteiger charge is -2.39. The van der Waals surface area contributed by atoms with Gasteiger partial charge >= 0.3 is 0 Å². The SMILES string of the molecule is Cc1cc(C)c(CNC(=O)c2cc(Cl)cc(NC(C)C3CCC(C(C)(C)C)CC3)c2C)c(=O)[nH]1. The first-order valence-corrected chi connectivity index (χ1v) is 12.8. The predicted octanol–water partition coefficient (Wildman–Crippen LogP) is 6.54. The molecule has 0 aliphatic heterocycles. The van der Waals surface area contributed by atoms with Crippen molar-refractivity contribution in [2.75, 3.05) is 5.32 Å². The van der Waals surface area contributed by atoms with E-state index in [-0.39, 0.29) is 18.0 Å². The minimum atomic E-state index is -0.235. The third kappa shape index (κ3) is 6.24. The highest BCUT2D eigenvalue weighted by atomic mass is 35.5. The molecule has 0 spiro atoms. The number of carbonyl (C=O) groups excluding carboxylic acids is 1. The second-order valence-corrected chi connectivity index (χ2v) is 11.6. The topological polar surface area (TPSA) is 74.0 Å². The van der Waals surface area contributed by atoms with Gasteiger partial charge in [-0.05, 0) is 100.0 Å². The Hall–Kier alpha value is -2.27. The van der Waals surface area contributed by atoms with Crippen LogP contribution in [0.4, 0.5) is 5.69 Å². The molecular weight excluding hydrogens is 446 g/mol. The number of carbonyl (C=O) groups is 1. The maximum atomic E-state index is 13.0. The highest BCUT2D eigenvalue weighted by Gasteiger charge is 2.31. The van der Waals surface area contributed by atoms with Gasteiger partial charge in [-0.1, -0.05) is 32.4 Å². The number of halogens is 1. The van der Waals surface area contributed by atoms with Gasteiger partial charge < -0.3 is 15.6 Å². The van der Waals surface area contributed by atoms with Crippen molar-refractivity contribution in [1.82, 2.24) is 10.3 Å². The number of hydrogen-bond acceptors (Lipinski definition) is 3. The Morgan fingerprint density at radius 3 is 2.35 bits per heavy atom. The standard InChI is InChI=1S/C28H40ClN3O2/c1-16-12-17(2)31-27(34)24(16)15-30-26(33)23-13-22(29)14-25(18(23)3)32-19(4)20-8-10-21(11-9-20)28(5,6)7/h12-14,19-21,32H,8-11,15H2,1-7H3,(H,30,33)(H,31,34). The maximum absolute atomic E-state index is 13.0. The fourth-order valence-corrected chi connectivity index (χ4v) is 5.50. The molecule has 1 heterocycles. The molecule has 1 fully saturated rings. The Balaban J connectivity index is 1.70. The summed E-state index contributed by atoms with van der Waals surface area (Å²) in [6.45, 7) is 15.1. The van der Waals surface area contributed by atoms with E-state index in [1.165, 1.54) is 25.7 Å². The molecule has 1 unspecified atom stereocenters. The lowest BCUT2D eigenvalue weighted by Crippen LogP contribution is -2.33. The molecule has 0 saturated heterocycles. The minimum absolute atomic E-state index is 0.169. The minimum Gasteiger partial charge on any atom is -0.382 e. The first-order valence-electron chi connectivity index (χ1n) is 12.4. The van der Waals surface area contributed by atoms with Crippen molar-refractivity contribution >= 4 is 23.2 Å². The van der Waals surface area contributed by atoms with Crippen molar-refractivity contribution in [3.8, 4) is 0 Å². The van der Waals surface area contributed by atoms with Crippen molar-refractivity contribution in [2.45, 2.75) is 86.7 Å². The number of amides is 1. The van der Waals surface area contributed by atoms with Gasteiger partial charge in [0.25, 0.3) is 11.5 Å². The van der Waals surface area contributed by atoms with E-state index in [1.54, 1.807) is 6.07 Å². The Kier molecular flexibility index (Phi) is 8.18. The summed E-state index contributed by atoms with van der Waals surface area (Å²) in [7, 11) is 0. The molecule has 1 saturated carbocycles. The molecule has 1 aromatic heterocycles. The third-order valence-electron chi connectivity index (χ3n) is 7.62. The van der Waals surface area contributed by atoms with Gasteiger partial charge in [-0.25, -0.2) is 0 Å². The number of benzene rings is 1. The van der Waals surface area contributed by atoms with Crippen LogP contribution in [0, 0.1) is 38.0 Å². The Labute approximate surface area is 209 Å². The molecule has 6 heteroatoms. The Morgan fingerprint density at radius 1 is 1.12 bits per heavy atom. The van der Waals surface area contributed by atoms with E-state index in [4.69, 9.17) is 11.6 Å². The van der Waals surface area contributed by atoms with E-state index in [0.29, 0.717) is 33.5 Å². The van der Waals surface area contributed by atoms with Crippen LogP contribution in [0.3, 0.4) is 0 Å². The summed E-state index contributed by atoms with van der Waals surface area (Å²) >= 11 is 6.41. The monoisotopic (exact) mass is 485 g/mol. The van der Waals surface area contributed by atoms with Crippen molar-refractivity contribution in [1.29, 1.82) is 0 Å². The number of nitrogens with one attached hydrogen (secondary N) is 3. The number of aromatic nitrogens is 1. The normalized spacial score (nSPS) is 19.5. The van der Waals surface area contributed by atoms with Crippen LogP contribution in [0.15, 0.2) is 23.0 Å². The first kappa shape index (κ1) is 26.3. The van der Waals surface area contributed by atoms with E-state index in [0.717, 1.165) is 28.4 Å². The number of pyridine rings is 1. The smallest absolute Gasteiger partial charge is 0.253 e. The van der Waals surface area contributed by atoms with Crippen LogP contribution >= 0.6 is 11.6 Å². The fraction of sp³-hybridized carbons (Fsp3) is 0.571. The summed E-state index contributed by atoms with van der Waals surface area (Å²) in [6, 6.07) is 5.80. The molecule has 1 aliphatic carbocycles. The molecular formula is C28H40ClN3O2. The van der Waals surface area contributed by atoms with E-state index in [2.05, 4.69) is 43.3 Å². The second-order valence-electron chi connectivity index (χ2n) is 11.2. The molecule has 3 N–H and O–H groups in total. The van der Waals surface area contributed by atoms with Crippen LogP contribution in [-0.2, 0) is 6.54 Å². The number of aryl methyl sites for hydroxylation is 2. The number of hydrogen-bond donors (Lipinski definition) is 3. The molecule has 3 rings (SSSR count). The van der Waals surface area contributed by atoms with Crippen LogP contribution in [0.1, 0.15) is 86.1 Å². The van der Waals surface area contributed by atoms with Crippen LogP contribution < -0.4 is 16.2 Å². The van der Waals surface area contributed by atoms with Crippen LogP contribution in [-0.4, -0.2) is 16.9 Å². The highest BCUT2D eigenvalue weighted by molar-refractivity contribution is 6.31. The summed E-state index contributed by atoms with van der Waals surface area (Å²) in [4.78, 5) is 28.1. The first-order chi connectivity index (χ1) is 15.9. The van der Waals surface area contributed by atoms with Crippen molar-refractivity contribution in [2.24, 2.45) is 17.3 Å². The molecule has 2 aromatic rings. The van der Waals surface area contributed by atoms with E-state index in [1.807, 2.05) is 32.9 Å². The quantitative estimate of drug-likeness (QED) is 0.435. The molecule has 1 aromatic carbocycles. The highest BCUT2D eigenvalue weighted by Crippen LogP contribution is 2.41. The molecule has 1 atom stereocenters. The lowest BCUT2D eigenvalue weighted by molar-refractivity contribution is 0.0950. The zero-order chi connectivity index (χ0) is 25.2. The second kappa shape index (κ2) is 10.6. The molecule has 34 heavy (non-hydrogen) atoms. The molecule has 1 aliphatic rings.